The molecule has 0 aromatic heterocycles. The van der Waals surface area contributed by atoms with Crippen LogP contribution >= 0.6 is 23.2 Å². The Morgan fingerprint density at radius 1 is 1.03 bits per heavy atom. The van der Waals surface area contributed by atoms with Crippen LogP contribution in [0.1, 0.15) is 42.3 Å². The summed E-state index contributed by atoms with van der Waals surface area (Å²) in [6.45, 7) is 2.58. The smallest absolute Gasteiger partial charge is 0.213 e. The van der Waals surface area contributed by atoms with Crippen LogP contribution in [0.2, 0.25) is 10.0 Å². The maximum Gasteiger partial charge on any atom is 0.213 e. The Hall–Kier alpha value is -2.89. The lowest BCUT2D eigenvalue weighted by Crippen LogP contribution is -2.33. The molecular formula is C25H22Cl2N2O3. The number of hydrogen-bond acceptors (Lipinski definition) is 5. The molecule has 5 nitrogen and oxygen atoms in total. The van der Waals surface area contributed by atoms with Crippen molar-refractivity contribution in [2.45, 2.75) is 25.6 Å². The summed E-state index contributed by atoms with van der Waals surface area (Å²) in [6.07, 6.45) is 0.296. The molecule has 7 heteroatoms. The molecule has 0 radical (unpaired) electrons. The number of fused-ring (bicyclic) bond motifs is 3. The molecule has 0 saturated heterocycles. The van der Waals surface area contributed by atoms with Crippen molar-refractivity contribution >= 4 is 28.9 Å². The van der Waals surface area contributed by atoms with Gasteiger partial charge in [-0.1, -0.05) is 23.2 Å². The number of nitrogens with zero attached hydrogens (tertiary/aromatic N) is 2. The van der Waals surface area contributed by atoms with Crippen molar-refractivity contribution in [2.75, 3.05) is 13.7 Å². The maximum absolute atomic E-state index is 6.54. The van der Waals surface area contributed by atoms with Crippen LogP contribution in [-0.2, 0) is 0 Å². The van der Waals surface area contributed by atoms with Gasteiger partial charge in [-0.2, -0.15) is 5.10 Å². The van der Waals surface area contributed by atoms with Gasteiger partial charge in [-0.05, 0) is 73.2 Å². The van der Waals surface area contributed by atoms with E-state index in [4.69, 9.17) is 42.5 Å². The van der Waals surface area contributed by atoms with E-state index in [9.17, 15) is 0 Å². The predicted molar refractivity (Wildman–Crippen MR) is 126 cm³/mol. The molecule has 0 fully saturated rings. The van der Waals surface area contributed by atoms with E-state index in [0.29, 0.717) is 28.8 Å². The van der Waals surface area contributed by atoms with Gasteiger partial charge < -0.3 is 14.2 Å². The minimum absolute atomic E-state index is 0.0383. The van der Waals surface area contributed by atoms with E-state index in [1.54, 1.807) is 13.2 Å². The summed E-state index contributed by atoms with van der Waals surface area (Å²) in [4.78, 5) is 0. The van der Waals surface area contributed by atoms with Crippen LogP contribution in [0.5, 0.6) is 17.2 Å². The van der Waals surface area contributed by atoms with E-state index in [0.717, 1.165) is 33.9 Å². The second kappa shape index (κ2) is 8.57. The fraction of sp³-hybridized carbons (Fsp3) is 0.240. The molecule has 0 amide bonds. The summed E-state index contributed by atoms with van der Waals surface area (Å²) in [5, 5.41) is 8.06. The van der Waals surface area contributed by atoms with Gasteiger partial charge in [0.05, 0.1) is 30.5 Å². The van der Waals surface area contributed by atoms with Gasteiger partial charge in [0, 0.05) is 22.6 Å². The first-order valence-corrected chi connectivity index (χ1v) is 11.2. The van der Waals surface area contributed by atoms with Gasteiger partial charge in [0.1, 0.15) is 17.2 Å². The maximum atomic E-state index is 6.54. The number of hydrogen-bond donors (Lipinski definition) is 0. The third-order valence-electron chi connectivity index (χ3n) is 5.71. The van der Waals surface area contributed by atoms with Crippen molar-refractivity contribution in [3.63, 3.8) is 0 Å². The molecule has 3 aromatic carbocycles. The van der Waals surface area contributed by atoms with Crippen LogP contribution in [0.15, 0.2) is 65.8 Å². The molecule has 2 heterocycles. The third kappa shape index (κ3) is 3.76. The largest absolute Gasteiger partial charge is 0.497 e. The van der Waals surface area contributed by atoms with Crippen molar-refractivity contribution in [3.8, 4) is 17.2 Å². The molecule has 0 saturated carbocycles. The van der Waals surface area contributed by atoms with Crippen LogP contribution in [0, 0.1) is 0 Å². The Kier molecular flexibility index (Phi) is 5.62. The molecule has 2 aliphatic heterocycles. The molecule has 0 bridgehead atoms. The van der Waals surface area contributed by atoms with Gasteiger partial charge in [-0.3, -0.25) is 0 Å². The van der Waals surface area contributed by atoms with Crippen molar-refractivity contribution < 1.29 is 14.2 Å². The van der Waals surface area contributed by atoms with E-state index < -0.39 is 6.23 Å². The SMILES string of the molecule is CCOc1ccc([C@@H]2Oc3c(Cl)cc(Cl)cc3[C@H]3CC(c4ccc(OC)cc4)=NN32)cc1. The zero-order chi connectivity index (χ0) is 22.2. The molecule has 0 N–H and O–H groups in total. The summed E-state index contributed by atoms with van der Waals surface area (Å²) < 4.78 is 17.3. The van der Waals surface area contributed by atoms with E-state index in [1.165, 1.54) is 0 Å². The van der Waals surface area contributed by atoms with Gasteiger partial charge in [0.2, 0.25) is 6.23 Å². The molecule has 2 atom stereocenters. The summed E-state index contributed by atoms with van der Waals surface area (Å²) in [5.41, 5.74) is 3.92. The van der Waals surface area contributed by atoms with E-state index in [2.05, 4.69) is 0 Å². The van der Waals surface area contributed by atoms with Gasteiger partial charge in [0.15, 0.2) is 0 Å². The molecule has 3 aromatic rings. The molecule has 0 unspecified atom stereocenters. The number of ether oxygens (including phenoxy) is 3. The first-order valence-electron chi connectivity index (χ1n) is 10.5. The zero-order valence-electron chi connectivity index (χ0n) is 17.7. The second-order valence-electron chi connectivity index (χ2n) is 7.65. The fourth-order valence-electron chi connectivity index (χ4n) is 4.19. The zero-order valence-corrected chi connectivity index (χ0v) is 19.2. The predicted octanol–water partition coefficient (Wildman–Crippen LogP) is 6.64. The van der Waals surface area contributed by atoms with Crippen LogP contribution in [0.3, 0.4) is 0 Å². The van der Waals surface area contributed by atoms with Crippen LogP contribution in [-0.4, -0.2) is 24.4 Å². The standard InChI is InChI=1S/C25H22Cl2N2O3/c1-3-31-19-10-6-16(7-11-19)25-29-23(20-12-17(26)13-21(27)24(20)32-25)14-22(28-29)15-4-8-18(30-2)9-5-15/h4-13,23,25H,3,14H2,1-2H3/t23-,25+/m1/s1. The van der Waals surface area contributed by atoms with Gasteiger partial charge >= 0.3 is 0 Å². The molecule has 5 rings (SSSR count). The fourth-order valence-corrected chi connectivity index (χ4v) is 4.74. The first-order chi connectivity index (χ1) is 15.6. The average Bonchev–Trinajstić information content (AvgIpc) is 3.25. The lowest BCUT2D eigenvalue weighted by molar-refractivity contribution is -0.0189. The number of methoxy groups -OCH3 is 1. The van der Waals surface area contributed by atoms with Crippen molar-refractivity contribution in [1.82, 2.24) is 5.01 Å². The van der Waals surface area contributed by atoms with E-state index in [-0.39, 0.29) is 6.04 Å². The van der Waals surface area contributed by atoms with Gasteiger partial charge in [-0.25, -0.2) is 5.01 Å². The van der Waals surface area contributed by atoms with Crippen molar-refractivity contribution in [2.24, 2.45) is 5.10 Å². The van der Waals surface area contributed by atoms with E-state index >= 15 is 0 Å². The normalized spacial score (nSPS) is 19.0. The van der Waals surface area contributed by atoms with Gasteiger partial charge in [-0.15, -0.1) is 0 Å². The Bertz CT molecular complexity index is 1160. The minimum Gasteiger partial charge on any atom is -0.497 e. The Morgan fingerprint density at radius 3 is 2.44 bits per heavy atom. The molecule has 2 aliphatic rings. The van der Waals surface area contributed by atoms with Crippen LogP contribution < -0.4 is 14.2 Å². The average molecular weight is 469 g/mol. The Morgan fingerprint density at radius 2 is 1.75 bits per heavy atom. The molecule has 164 valence electrons. The molecule has 32 heavy (non-hydrogen) atoms. The summed E-state index contributed by atoms with van der Waals surface area (Å²) in [5.74, 6) is 2.28. The van der Waals surface area contributed by atoms with E-state index in [1.807, 2.05) is 66.5 Å². The highest BCUT2D eigenvalue weighted by Crippen LogP contribution is 2.50. The minimum atomic E-state index is -0.419. The second-order valence-corrected chi connectivity index (χ2v) is 8.50. The van der Waals surface area contributed by atoms with Crippen molar-refractivity contribution in [3.05, 3.63) is 87.4 Å². The topological polar surface area (TPSA) is 43.3 Å². The van der Waals surface area contributed by atoms with Gasteiger partial charge in [0.25, 0.3) is 0 Å². The van der Waals surface area contributed by atoms with Crippen molar-refractivity contribution in [1.29, 1.82) is 0 Å². The lowest BCUT2D eigenvalue weighted by Gasteiger charge is -2.38. The number of benzene rings is 3. The summed E-state index contributed by atoms with van der Waals surface area (Å²) in [6, 6.07) is 19.4. The third-order valence-corrected chi connectivity index (χ3v) is 6.21. The molecule has 0 spiro atoms. The highest BCUT2D eigenvalue weighted by molar-refractivity contribution is 6.35. The highest BCUT2D eigenvalue weighted by atomic mass is 35.5. The summed E-state index contributed by atoms with van der Waals surface area (Å²) in [7, 11) is 1.66. The molecule has 0 aliphatic carbocycles. The Labute approximate surface area is 197 Å². The summed E-state index contributed by atoms with van der Waals surface area (Å²) >= 11 is 12.9. The highest BCUT2D eigenvalue weighted by Gasteiger charge is 2.42. The van der Waals surface area contributed by atoms with Crippen LogP contribution in [0.4, 0.5) is 0 Å². The Balaban J connectivity index is 1.56. The number of rotatable bonds is 5. The monoisotopic (exact) mass is 468 g/mol. The molecular weight excluding hydrogens is 447 g/mol. The quantitative estimate of drug-likeness (QED) is 0.420. The number of halogens is 2. The lowest BCUT2D eigenvalue weighted by atomic mass is 9.96. The van der Waals surface area contributed by atoms with Crippen LogP contribution in [0.25, 0.3) is 0 Å². The number of hydrazone groups is 1. The first kappa shape index (κ1) is 21.0.